The van der Waals surface area contributed by atoms with Crippen molar-refractivity contribution >= 4 is 11.9 Å². The molecular weight excluding hydrogens is 410 g/mol. The van der Waals surface area contributed by atoms with Crippen molar-refractivity contribution in [1.29, 1.82) is 0 Å². The van der Waals surface area contributed by atoms with Crippen LogP contribution in [0.5, 0.6) is 17.2 Å². The molecule has 0 bridgehead atoms. The number of benzene rings is 1. The van der Waals surface area contributed by atoms with E-state index in [1.165, 1.54) is 0 Å². The lowest BCUT2D eigenvalue weighted by Gasteiger charge is -2.36. The van der Waals surface area contributed by atoms with Gasteiger partial charge in [0.05, 0.1) is 21.3 Å². The molecule has 1 N–H and O–H groups in total. The van der Waals surface area contributed by atoms with Crippen LogP contribution in [0.2, 0.25) is 0 Å². The van der Waals surface area contributed by atoms with Gasteiger partial charge < -0.3 is 29.3 Å². The molecule has 1 fully saturated rings. The third-order valence-electron chi connectivity index (χ3n) is 5.21. The van der Waals surface area contributed by atoms with Crippen LogP contribution in [-0.4, -0.2) is 101 Å². The van der Waals surface area contributed by atoms with Gasteiger partial charge in [0.25, 0.3) is 0 Å². The Morgan fingerprint density at radius 3 is 2.16 bits per heavy atom. The number of hydrogen-bond donors (Lipinski definition) is 1. The Morgan fingerprint density at radius 2 is 1.69 bits per heavy atom. The number of rotatable bonds is 9. The molecule has 1 aliphatic heterocycles. The van der Waals surface area contributed by atoms with Crippen LogP contribution in [0.15, 0.2) is 29.3 Å². The summed E-state index contributed by atoms with van der Waals surface area (Å²) in [6.45, 7) is 10.8. The maximum Gasteiger partial charge on any atom is 0.243 e. The lowest BCUT2D eigenvalue weighted by molar-refractivity contribution is -0.127. The van der Waals surface area contributed by atoms with Gasteiger partial charge in [-0.3, -0.25) is 9.69 Å². The highest BCUT2D eigenvalue weighted by atomic mass is 16.5. The number of nitrogens with one attached hydrogen (secondary N) is 1. The zero-order chi connectivity index (χ0) is 23.7. The first kappa shape index (κ1) is 25.3. The Balaban J connectivity index is 2.04. The zero-order valence-electron chi connectivity index (χ0n) is 20.2. The second kappa shape index (κ2) is 12.2. The predicted octanol–water partition coefficient (Wildman–Crippen LogP) is 1.44. The molecule has 0 saturated carbocycles. The van der Waals surface area contributed by atoms with E-state index in [1.807, 2.05) is 19.1 Å². The summed E-state index contributed by atoms with van der Waals surface area (Å²) >= 11 is 0. The molecule has 1 amide bonds. The van der Waals surface area contributed by atoms with Gasteiger partial charge in [-0.1, -0.05) is 12.2 Å². The molecule has 0 atom stereocenters. The lowest BCUT2D eigenvalue weighted by Crippen LogP contribution is -2.52. The fraction of sp³-hybridized carbons (Fsp3) is 0.565. The molecule has 9 heteroatoms. The highest BCUT2D eigenvalue weighted by molar-refractivity contribution is 5.85. The van der Waals surface area contributed by atoms with Gasteiger partial charge in [0.2, 0.25) is 11.7 Å². The van der Waals surface area contributed by atoms with Gasteiger partial charge in [-0.25, -0.2) is 4.99 Å². The van der Waals surface area contributed by atoms with E-state index in [4.69, 9.17) is 14.2 Å². The molecule has 1 aromatic carbocycles. The van der Waals surface area contributed by atoms with Crippen LogP contribution in [0.1, 0.15) is 12.5 Å². The Bertz CT molecular complexity index is 792. The summed E-state index contributed by atoms with van der Waals surface area (Å²) in [6, 6.07) is 3.98. The minimum absolute atomic E-state index is 0.0272. The van der Waals surface area contributed by atoms with Crippen LogP contribution in [0, 0.1) is 0 Å². The van der Waals surface area contributed by atoms with Crippen molar-refractivity contribution in [3.8, 4) is 17.2 Å². The van der Waals surface area contributed by atoms with Crippen molar-refractivity contribution in [2.24, 2.45) is 4.99 Å². The smallest absolute Gasteiger partial charge is 0.243 e. The number of carbonyl (C=O) groups excluding carboxylic acids is 1. The molecule has 32 heavy (non-hydrogen) atoms. The minimum atomic E-state index is -0.0272. The van der Waals surface area contributed by atoms with Crippen LogP contribution < -0.4 is 19.5 Å². The summed E-state index contributed by atoms with van der Waals surface area (Å²) in [7, 11) is 8.33. The quantitative estimate of drug-likeness (QED) is 0.349. The Morgan fingerprint density at radius 1 is 1.09 bits per heavy atom. The number of likely N-dealkylation sites (N-methyl/N-ethyl adjacent to an activating group) is 1. The van der Waals surface area contributed by atoms with Crippen molar-refractivity contribution < 1.29 is 19.0 Å². The average molecular weight is 448 g/mol. The second-order valence-corrected chi connectivity index (χ2v) is 8.04. The minimum Gasteiger partial charge on any atom is -0.493 e. The first-order chi connectivity index (χ1) is 15.3. The number of piperazine rings is 1. The molecule has 2 rings (SSSR count). The fourth-order valence-corrected chi connectivity index (χ4v) is 3.38. The molecule has 178 valence electrons. The van der Waals surface area contributed by atoms with Crippen LogP contribution in [-0.2, 0) is 11.3 Å². The van der Waals surface area contributed by atoms with Crippen molar-refractivity contribution in [3.63, 3.8) is 0 Å². The number of guanidine groups is 1. The fourth-order valence-electron chi connectivity index (χ4n) is 3.38. The topological polar surface area (TPSA) is 78.9 Å². The third kappa shape index (κ3) is 7.05. The van der Waals surface area contributed by atoms with Crippen LogP contribution in [0.4, 0.5) is 0 Å². The molecule has 0 unspecified atom stereocenters. The Kier molecular flexibility index (Phi) is 9.64. The van der Waals surface area contributed by atoms with E-state index in [0.717, 1.165) is 49.8 Å². The number of nitrogens with zero attached hydrogens (tertiary/aromatic N) is 4. The van der Waals surface area contributed by atoms with E-state index in [2.05, 4.69) is 26.7 Å². The van der Waals surface area contributed by atoms with Gasteiger partial charge in [0.1, 0.15) is 6.54 Å². The van der Waals surface area contributed by atoms with Gasteiger partial charge in [-0.05, 0) is 24.6 Å². The maximum atomic E-state index is 12.0. The number of carbonyl (C=O) groups is 1. The summed E-state index contributed by atoms with van der Waals surface area (Å²) in [4.78, 5) is 22.7. The summed E-state index contributed by atoms with van der Waals surface area (Å²) in [6.07, 6.45) is 0. The zero-order valence-corrected chi connectivity index (χ0v) is 20.2. The number of methoxy groups -OCH3 is 3. The normalized spacial score (nSPS) is 14.7. The largest absolute Gasteiger partial charge is 0.493 e. The summed E-state index contributed by atoms with van der Waals surface area (Å²) in [5, 5.41) is 3.33. The molecule has 9 nitrogen and oxygen atoms in total. The first-order valence-electron chi connectivity index (χ1n) is 10.7. The number of amides is 1. The van der Waals surface area contributed by atoms with Crippen LogP contribution in [0.3, 0.4) is 0 Å². The van der Waals surface area contributed by atoms with Crippen LogP contribution in [0.25, 0.3) is 0 Å². The highest BCUT2D eigenvalue weighted by Gasteiger charge is 2.21. The van der Waals surface area contributed by atoms with Crippen molar-refractivity contribution in [1.82, 2.24) is 20.0 Å². The van der Waals surface area contributed by atoms with Crippen molar-refractivity contribution in [2.45, 2.75) is 13.5 Å². The van der Waals surface area contributed by atoms with E-state index < -0.39 is 0 Å². The number of aliphatic imine (C=N–C) groups is 1. The molecule has 1 aromatic rings. The van der Waals surface area contributed by atoms with Crippen LogP contribution >= 0.6 is 0 Å². The molecular formula is C23H37N5O4. The number of hydrogen-bond acceptors (Lipinski definition) is 6. The predicted molar refractivity (Wildman–Crippen MR) is 127 cm³/mol. The van der Waals surface area contributed by atoms with E-state index in [1.54, 1.807) is 40.3 Å². The van der Waals surface area contributed by atoms with Crippen molar-refractivity contribution in [2.75, 3.05) is 74.7 Å². The van der Waals surface area contributed by atoms with E-state index in [-0.39, 0.29) is 12.5 Å². The maximum absolute atomic E-state index is 12.0. The van der Waals surface area contributed by atoms with Gasteiger partial charge in [0, 0.05) is 53.4 Å². The molecule has 0 radical (unpaired) electrons. The highest BCUT2D eigenvalue weighted by Crippen LogP contribution is 2.38. The van der Waals surface area contributed by atoms with Gasteiger partial charge in [-0.2, -0.15) is 0 Å². The summed E-state index contributed by atoms with van der Waals surface area (Å²) in [5.41, 5.74) is 2.11. The van der Waals surface area contributed by atoms with E-state index in [0.29, 0.717) is 23.8 Å². The molecule has 1 aliphatic rings. The average Bonchev–Trinajstić information content (AvgIpc) is 2.78. The second-order valence-electron chi connectivity index (χ2n) is 8.04. The van der Waals surface area contributed by atoms with Crippen molar-refractivity contribution in [3.05, 3.63) is 29.8 Å². The SMILES string of the molecule is C=C(C)CNC(=NCC(=O)N(C)C)N1CCN(Cc2cc(OC)c(OC)c(OC)c2)CC1. The summed E-state index contributed by atoms with van der Waals surface area (Å²) < 4.78 is 16.4. The van der Waals surface area contributed by atoms with Gasteiger partial charge in [-0.15, -0.1) is 0 Å². The van der Waals surface area contributed by atoms with E-state index in [9.17, 15) is 4.79 Å². The number of ether oxygens (including phenoxy) is 3. The van der Waals surface area contributed by atoms with E-state index >= 15 is 0 Å². The van der Waals surface area contributed by atoms with Gasteiger partial charge >= 0.3 is 0 Å². The molecule has 1 saturated heterocycles. The molecule has 0 spiro atoms. The lowest BCUT2D eigenvalue weighted by atomic mass is 10.1. The molecule has 0 aromatic heterocycles. The first-order valence-corrected chi connectivity index (χ1v) is 10.7. The third-order valence-corrected chi connectivity index (χ3v) is 5.21. The summed E-state index contributed by atoms with van der Waals surface area (Å²) in [5.74, 6) is 2.63. The Labute approximate surface area is 191 Å². The molecule has 0 aliphatic carbocycles. The standard InChI is InChI=1S/C23H37N5O4/c1-17(2)14-24-23(25-15-21(29)26(3)4)28-10-8-27(9-11-28)16-18-12-19(30-5)22(32-7)20(13-18)31-6/h12-13H,1,8-11,14-16H2,2-7H3,(H,24,25). The Hall–Kier alpha value is -2.94. The van der Waals surface area contributed by atoms with Gasteiger partial charge in [0.15, 0.2) is 17.5 Å². The molecule has 1 heterocycles. The monoisotopic (exact) mass is 447 g/mol.